The minimum Gasteiger partial charge on any atom is -0.748 e. The van der Waals surface area contributed by atoms with Gasteiger partial charge >= 0.3 is 27.4 Å². The lowest BCUT2D eigenvalue weighted by molar-refractivity contribution is -0.438. The Bertz CT molecular complexity index is 3900. The summed E-state index contributed by atoms with van der Waals surface area (Å²) in [6.45, 7) is 12.5. The van der Waals surface area contributed by atoms with Crippen molar-refractivity contribution in [3.63, 3.8) is 0 Å². The average Bonchev–Trinajstić information content (AvgIpc) is 3.65. The van der Waals surface area contributed by atoms with Crippen LogP contribution in [0.3, 0.4) is 0 Å². The first kappa shape index (κ1) is 66.6. The van der Waals surface area contributed by atoms with Gasteiger partial charge in [0.2, 0.25) is 5.69 Å². The highest BCUT2D eigenvalue weighted by Crippen LogP contribution is 2.51. The number of carbonyl (C=O) groups excluding carboxylic acids is 2. The Kier molecular flexibility index (Phi) is 23.1. The minimum atomic E-state index is -4.96. The molecule has 4 aromatic carbocycles. The number of sulfone groups is 2. The molecule has 6 rings (SSSR count). The fourth-order valence-corrected chi connectivity index (χ4v) is 14.2. The molecule has 0 unspecified atom stereocenters. The molecule has 0 radical (unpaired) electrons. The zero-order valence-corrected chi connectivity index (χ0v) is 48.7. The Morgan fingerprint density at radius 1 is 0.628 bits per heavy atom. The molecule has 2 aliphatic heterocycles. The van der Waals surface area contributed by atoms with Gasteiger partial charge in [0.25, 0.3) is 20.2 Å². The van der Waals surface area contributed by atoms with Gasteiger partial charge in [0, 0.05) is 58.6 Å². The third-order valence-corrected chi connectivity index (χ3v) is 18.7. The number of hydrogen-bond acceptors (Lipinski definition) is 20. The number of unbranched alkanes of at least 4 members (excludes halogenated alkanes) is 2. The summed E-state index contributed by atoms with van der Waals surface area (Å²) in [7, 11) is -28.0. The summed E-state index contributed by atoms with van der Waals surface area (Å²) in [5, 5.41) is 1.95. The van der Waals surface area contributed by atoms with Gasteiger partial charge in [-0.2, -0.15) is 31.0 Å². The van der Waals surface area contributed by atoms with E-state index in [2.05, 4.69) is 11.5 Å². The number of allylic oxidation sites excluding steroid dienone is 6. The van der Waals surface area contributed by atoms with Crippen molar-refractivity contribution in [2.45, 2.75) is 106 Å². The highest BCUT2D eigenvalue weighted by molar-refractivity contribution is 7.92. The lowest BCUT2D eigenvalue weighted by Gasteiger charge is -2.27. The molecule has 4 aromatic rings. The van der Waals surface area contributed by atoms with Crippen LogP contribution in [0.5, 0.6) is 0 Å². The van der Waals surface area contributed by atoms with Gasteiger partial charge in [0.15, 0.2) is 25.4 Å². The average molecular weight is 1220 g/mol. The van der Waals surface area contributed by atoms with Crippen LogP contribution in [0.25, 0.3) is 21.5 Å². The number of hydrogen-bond donors (Lipinski definition) is 2. The summed E-state index contributed by atoms with van der Waals surface area (Å²) in [6, 6.07) is 14.4. The van der Waals surface area contributed by atoms with Crippen molar-refractivity contribution in [3.8, 4) is 0 Å². The molecular formula is C48H58N2O21S7. The van der Waals surface area contributed by atoms with Crippen molar-refractivity contribution in [2.24, 2.45) is 0 Å². The van der Waals surface area contributed by atoms with Crippen LogP contribution >= 0.6 is 0 Å². The van der Waals surface area contributed by atoms with Gasteiger partial charge in [0.05, 0.1) is 42.6 Å². The van der Waals surface area contributed by atoms with Crippen molar-refractivity contribution >= 4 is 116 Å². The van der Waals surface area contributed by atoms with Crippen LogP contribution < -0.4 is 4.90 Å². The molecule has 0 atom stereocenters. The normalized spacial score (nSPS) is 15.5. The van der Waals surface area contributed by atoms with Gasteiger partial charge in [-0.1, -0.05) is 64.5 Å². The smallest absolute Gasteiger partial charge is 0.425 e. The van der Waals surface area contributed by atoms with Crippen molar-refractivity contribution in [1.29, 1.82) is 0 Å². The Morgan fingerprint density at radius 2 is 1.21 bits per heavy atom. The minimum absolute atomic E-state index is 0.00403. The van der Waals surface area contributed by atoms with E-state index >= 15 is 0 Å². The maximum atomic E-state index is 13.6. The van der Waals surface area contributed by atoms with Crippen LogP contribution in [0.15, 0.2) is 105 Å². The lowest BCUT2D eigenvalue weighted by Crippen LogP contribution is -2.28. The number of fused-ring (bicyclic) bond motifs is 6. The van der Waals surface area contributed by atoms with E-state index < -0.39 is 116 Å². The molecule has 0 bridgehead atoms. The van der Waals surface area contributed by atoms with E-state index in [1.165, 1.54) is 12.1 Å². The van der Waals surface area contributed by atoms with Crippen LogP contribution in [0.1, 0.15) is 91.2 Å². The standard InChI is InChI=1S/C47H58N2O13S5.CO2.2O3S/c1-7-9-13-24-48-40-23-21-36-38(31-35(32-41(36)67(60,61)62)64(52,53)27-15-29-66(57,58)59)45(40)47(5,6)43(48)17-12-10-11-16-42-46(3,4)44-37-30-34(63(50,51)26-8-2)20-18-33(37)19-22-39(44)49(42)25-14-28-65(54,55)56;2-1-3;2*1-4(2)3/h10-12,16-23,30-32H,7-9,13-15,24-29H2,1-6H3,(H2-,54,55,56,57,58,59,60,61,62);;;. The second-order valence-corrected chi connectivity index (χ2v) is 28.1. The van der Waals surface area contributed by atoms with Gasteiger partial charge in [-0.3, -0.25) is 9.11 Å². The number of benzene rings is 4. The predicted octanol–water partition coefficient (Wildman–Crippen LogP) is 5.18. The summed E-state index contributed by atoms with van der Waals surface area (Å²) < 4.78 is 209. The van der Waals surface area contributed by atoms with Crippen LogP contribution in [-0.4, -0.2) is 134 Å². The molecule has 78 heavy (non-hydrogen) atoms. The fourth-order valence-electron chi connectivity index (χ4n) is 9.48. The molecule has 428 valence electrons. The molecule has 0 fully saturated rings. The second kappa shape index (κ2) is 27.0. The number of nitrogens with zero attached hydrogens (tertiary/aromatic N) is 2. The summed E-state index contributed by atoms with van der Waals surface area (Å²) in [6.07, 6.45) is 12.3. The van der Waals surface area contributed by atoms with E-state index in [9.17, 15) is 55.7 Å². The van der Waals surface area contributed by atoms with E-state index in [0.29, 0.717) is 24.2 Å². The summed E-state index contributed by atoms with van der Waals surface area (Å²) in [4.78, 5) is 17.4. The molecule has 2 aliphatic rings. The van der Waals surface area contributed by atoms with Crippen molar-refractivity contribution in [1.82, 2.24) is 0 Å². The van der Waals surface area contributed by atoms with E-state index in [1.807, 2.05) is 75.1 Å². The molecule has 2 heterocycles. The molecule has 30 heteroatoms. The van der Waals surface area contributed by atoms with Gasteiger partial charge < -0.3 is 9.45 Å². The molecule has 0 spiro atoms. The van der Waals surface area contributed by atoms with Gasteiger partial charge in [-0.15, -0.1) is 25.3 Å². The van der Waals surface area contributed by atoms with Crippen molar-refractivity contribution < 1.29 is 95.2 Å². The second-order valence-electron chi connectivity index (χ2n) is 18.6. The highest BCUT2D eigenvalue weighted by Gasteiger charge is 2.46. The van der Waals surface area contributed by atoms with Crippen LogP contribution in [0, 0.1) is 0 Å². The zero-order chi connectivity index (χ0) is 59.4. The van der Waals surface area contributed by atoms with Crippen molar-refractivity contribution in [2.75, 3.05) is 41.0 Å². The first-order chi connectivity index (χ1) is 35.9. The Balaban J connectivity index is 0.00000133. The van der Waals surface area contributed by atoms with Gasteiger partial charge in [-0.05, 0) is 104 Å². The van der Waals surface area contributed by atoms with Crippen molar-refractivity contribution in [3.05, 3.63) is 102 Å². The topological polar surface area (TPSA) is 377 Å². The van der Waals surface area contributed by atoms with Crippen LogP contribution in [0.2, 0.25) is 0 Å². The lowest BCUT2D eigenvalue weighted by atomic mass is 9.79. The Morgan fingerprint density at radius 3 is 1.76 bits per heavy atom. The molecule has 0 saturated heterocycles. The van der Waals surface area contributed by atoms with Crippen LogP contribution in [-0.2, 0) is 91.7 Å². The number of rotatable bonds is 20. The van der Waals surface area contributed by atoms with E-state index in [4.69, 9.17) is 34.8 Å². The third-order valence-electron chi connectivity index (χ3n) is 12.5. The first-order valence-corrected chi connectivity index (χ1v) is 33.4. The molecular weight excluding hydrogens is 1160 g/mol. The molecule has 2 N–H and O–H groups in total. The summed E-state index contributed by atoms with van der Waals surface area (Å²) in [5.74, 6) is -2.10. The molecule has 0 aliphatic carbocycles. The maximum Gasteiger partial charge on any atom is 0.425 e. The van der Waals surface area contributed by atoms with Gasteiger partial charge in [-0.25, -0.2) is 25.3 Å². The molecule has 0 saturated carbocycles. The summed E-state index contributed by atoms with van der Waals surface area (Å²) in [5.41, 5.74) is 2.98. The first-order valence-electron chi connectivity index (χ1n) is 23.4. The van der Waals surface area contributed by atoms with Crippen LogP contribution in [0.4, 0.5) is 11.4 Å². The number of anilines is 1. The largest absolute Gasteiger partial charge is 0.748 e. The van der Waals surface area contributed by atoms with Gasteiger partial charge in [0.1, 0.15) is 11.4 Å². The zero-order valence-electron chi connectivity index (χ0n) is 43.0. The van der Waals surface area contributed by atoms with E-state index in [0.717, 1.165) is 58.8 Å². The SMILES string of the molecule is CCCCC[N+]1=C(C=CC=CC=C2N(CCCS(=O)(=O)[O-])c3ccc4ccc(S(=O)(=O)CCC)cc4c3C2(C)C)C(C)(C)c2c1ccc1c(S(=O)(=O)O)cc(S(=O)(=O)CCCS(=O)(=O)O)cc21.O=C=O.O=S(=O)=O.O=S(=O)=O. The van der Waals surface area contributed by atoms with E-state index in [1.54, 1.807) is 31.2 Å². The monoisotopic (exact) mass is 1220 g/mol. The predicted molar refractivity (Wildman–Crippen MR) is 286 cm³/mol. The highest BCUT2D eigenvalue weighted by atomic mass is 32.2. The maximum absolute atomic E-state index is 13.6. The molecule has 0 aromatic heterocycles. The molecule has 23 nitrogen and oxygen atoms in total. The Hall–Kier alpha value is -5.66. The fraction of sp³-hybridized carbons (Fsp3) is 0.417. The van der Waals surface area contributed by atoms with E-state index in [-0.39, 0.29) is 40.5 Å². The Labute approximate surface area is 456 Å². The third kappa shape index (κ3) is 17.4. The summed E-state index contributed by atoms with van der Waals surface area (Å²) >= 11 is 0. The quantitative estimate of drug-likeness (QED) is 0.0498. The molecule has 0 amide bonds.